The Kier molecular flexibility index (Phi) is 4.23. The van der Waals surface area contributed by atoms with Crippen LogP contribution in [0.4, 0.5) is 6.01 Å². The van der Waals surface area contributed by atoms with Crippen molar-refractivity contribution in [3.8, 4) is 0 Å². The lowest BCUT2D eigenvalue weighted by Gasteiger charge is -2.16. The lowest BCUT2D eigenvalue weighted by Crippen LogP contribution is -2.32. The molecule has 0 atom stereocenters. The first-order valence-electron chi connectivity index (χ1n) is 4.98. The lowest BCUT2D eigenvalue weighted by atomic mass is 10.4. The maximum Gasteiger partial charge on any atom is 0.322 e. The number of nitrogens with one attached hydrogen (secondary N) is 1. The van der Waals surface area contributed by atoms with Gasteiger partial charge in [-0.15, -0.1) is 5.10 Å². The quantitative estimate of drug-likeness (QED) is 0.776. The Bertz CT molecular complexity index is 320. The second kappa shape index (κ2) is 5.45. The molecule has 84 valence electrons. The van der Waals surface area contributed by atoms with Crippen LogP contribution in [0.1, 0.15) is 19.7 Å². The number of hydrogen-bond donors (Lipinski definition) is 1. The zero-order valence-corrected chi connectivity index (χ0v) is 9.28. The van der Waals surface area contributed by atoms with E-state index in [1.165, 1.54) is 0 Å². The minimum Gasteiger partial charge on any atom is -0.408 e. The van der Waals surface area contributed by atoms with Crippen molar-refractivity contribution in [2.75, 3.05) is 25.0 Å². The van der Waals surface area contributed by atoms with E-state index in [1.807, 2.05) is 18.7 Å². The summed E-state index contributed by atoms with van der Waals surface area (Å²) in [5.41, 5.74) is 0. The Morgan fingerprint density at radius 1 is 1.40 bits per heavy atom. The molecular formula is C9H16N4O2. The summed E-state index contributed by atoms with van der Waals surface area (Å²) in [7, 11) is 0. The Morgan fingerprint density at radius 2 is 2.07 bits per heavy atom. The van der Waals surface area contributed by atoms with Crippen LogP contribution in [0.15, 0.2) is 4.42 Å². The molecule has 0 bridgehead atoms. The molecule has 0 saturated carbocycles. The van der Waals surface area contributed by atoms with Crippen molar-refractivity contribution in [3.63, 3.8) is 0 Å². The molecule has 0 radical (unpaired) electrons. The van der Waals surface area contributed by atoms with E-state index in [4.69, 9.17) is 4.42 Å². The average molecular weight is 212 g/mol. The van der Waals surface area contributed by atoms with Crippen LogP contribution in [-0.2, 0) is 4.79 Å². The lowest BCUT2D eigenvalue weighted by molar-refractivity contribution is -0.117. The number of amides is 1. The highest BCUT2D eigenvalue weighted by Gasteiger charge is 2.10. The Hall–Kier alpha value is -1.43. The maximum absolute atomic E-state index is 11.5. The van der Waals surface area contributed by atoms with E-state index in [0.717, 1.165) is 13.1 Å². The number of anilines is 1. The van der Waals surface area contributed by atoms with E-state index in [2.05, 4.69) is 15.5 Å². The van der Waals surface area contributed by atoms with Crippen LogP contribution in [0.2, 0.25) is 0 Å². The smallest absolute Gasteiger partial charge is 0.322 e. The van der Waals surface area contributed by atoms with Gasteiger partial charge in [0, 0.05) is 6.92 Å². The number of carbonyl (C=O) groups excluding carboxylic acids is 1. The first-order chi connectivity index (χ1) is 7.15. The summed E-state index contributed by atoms with van der Waals surface area (Å²) in [5.74, 6) is 0.301. The third kappa shape index (κ3) is 3.67. The molecule has 0 saturated heterocycles. The Morgan fingerprint density at radius 3 is 2.53 bits per heavy atom. The van der Waals surface area contributed by atoms with Gasteiger partial charge < -0.3 is 4.42 Å². The minimum atomic E-state index is -0.137. The summed E-state index contributed by atoms with van der Waals surface area (Å²) >= 11 is 0. The van der Waals surface area contributed by atoms with Crippen LogP contribution in [0.3, 0.4) is 0 Å². The SMILES string of the molecule is CCN(CC)CC(=O)Nc1nnc(C)o1. The second-order valence-corrected chi connectivity index (χ2v) is 3.14. The van der Waals surface area contributed by atoms with E-state index >= 15 is 0 Å². The van der Waals surface area contributed by atoms with E-state index in [9.17, 15) is 4.79 Å². The molecule has 0 aliphatic carbocycles. The molecule has 15 heavy (non-hydrogen) atoms. The molecule has 0 spiro atoms. The van der Waals surface area contributed by atoms with Gasteiger partial charge >= 0.3 is 6.01 Å². The molecule has 1 aromatic heterocycles. The highest BCUT2D eigenvalue weighted by Crippen LogP contribution is 2.03. The van der Waals surface area contributed by atoms with E-state index < -0.39 is 0 Å². The first kappa shape index (κ1) is 11.6. The minimum absolute atomic E-state index is 0.137. The van der Waals surface area contributed by atoms with Gasteiger partial charge in [-0.1, -0.05) is 18.9 Å². The number of aromatic nitrogens is 2. The van der Waals surface area contributed by atoms with E-state index in [-0.39, 0.29) is 11.9 Å². The summed E-state index contributed by atoms with van der Waals surface area (Å²) in [6, 6.07) is 0.157. The summed E-state index contributed by atoms with van der Waals surface area (Å²) < 4.78 is 5.03. The van der Waals surface area contributed by atoms with Gasteiger partial charge in [-0.3, -0.25) is 15.0 Å². The van der Waals surface area contributed by atoms with Crippen molar-refractivity contribution in [2.45, 2.75) is 20.8 Å². The van der Waals surface area contributed by atoms with Crippen LogP contribution in [0.5, 0.6) is 0 Å². The summed E-state index contributed by atoms with van der Waals surface area (Å²) in [6.07, 6.45) is 0. The van der Waals surface area contributed by atoms with Gasteiger partial charge in [-0.25, -0.2) is 0 Å². The van der Waals surface area contributed by atoms with Gasteiger partial charge in [0.05, 0.1) is 6.54 Å². The third-order valence-corrected chi connectivity index (χ3v) is 2.03. The molecule has 0 aliphatic heterocycles. The number of carbonyl (C=O) groups is 1. The molecule has 0 aliphatic rings. The fourth-order valence-corrected chi connectivity index (χ4v) is 1.16. The number of likely N-dealkylation sites (N-methyl/N-ethyl adjacent to an activating group) is 1. The molecule has 0 aromatic carbocycles. The molecule has 1 amide bonds. The highest BCUT2D eigenvalue weighted by molar-refractivity contribution is 5.90. The molecule has 6 nitrogen and oxygen atoms in total. The van der Waals surface area contributed by atoms with E-state index in [1.54, 1.807) is 6.92 Å². The fourth-order valence-electron chi connectivity index (χ4n) is 1.16. The molecular weight excluding hydrogens is 196 g/mol. The van der Waals surface area contributed by atoms with Crippen LogP contribution in [-0.4, -0.2) is 40.6 Å². The molecule has 1 heterocycles. The van der Waals surface area contributed by atoms with Gasteiger partial charge in [0.25, 0.3) is 0 Å². The fraction of sp³-hybridized carbons (Fsp3) is 0.667. The summed E-state index contributed by atoms with van der Waals surface area (Å²) in [5, 5.41) is 9.83. The van der Waals surface area contributed by atoms with Crippen molar-refractivity contribution >= 4 is 11.9 Å². The van der Waals surface area contributed by atoms with Crippen LogP contribution in [0.25, 0.3) is 0 Å². The standard InChI is InChI=1S/C9H16N4O2/c1-4-13(5-2)6-8(14)10-9-12-11-7(3)15-9/h4-6H2,1-3H3,(H,10,12,14). The highest BCUT2D eigenvalue weighted by atomic mass is 16.4. The number of nitrogens with zero attached hydrogens (tertiary/aromatic N) is 3. The zero-order valence-electron chi connectivity index (χ0n) is 9.28. The normalized spacial score (nSPS) is 10.7. The van der Waals surface area contributed by atoms with Gasteiger partial charge in [0.1, 0.15) is 0 Å². The topological polar surface area (TPSA) is 71.3 Å². The maximum atomic E-state index is 11.5. The van der Waals surface area contributed by atoms with Crippen molar-refractivity contribution in [1.82, 2.24) is 15.1 Å². The van der Waals surface area contributed by atoms with Gasteiger partial charge in [0.15, 0.2) is 0 Å². The van der Waals surface area contributed by atoms with Crippen molar-refractivity contribution in [2.24, 2.45) is 0 Å². The average Bonchev–Trinajstić information content (AvgIpc) is 2.60. The summed E-state index contributed by atoms with van der Waals surface area (Å²) in [6.45, 7) is 7.71. The largest absolute Gasteiger partial charge is 0.408 e. The molecule has 1 aromatic rings. The Labute approximate surface area is 88.7 Å². The van der Waals surface area contributed by atoms with Gasteiger partial charge in [-0.05, 0) is 13.1 Å². The van der Waals surface area contributed by atoms with Crippen molar-refractivity contribution in [3.05, 3.63) is 5.89 Å². The zero-order chi connectivity index (χ0) is 11.3. The van der Waals surface area contributed by atoms with Crippen molar-refractivity contribution in [1.29, 1.82) is 0 Å². The second-order valence-electron chi connectivity index (χ2n) is 3.14. The molecule has 1 rings (SSSR count). The van der Waals surface area contributed by atoms with Crippen molar-refractivity contribution < 1.29 is 9.21 Å². The predicted octanol–water partition coefficient (Wildman–Crippen LogP) is 0.658. The number of aryl methyl sites for hydroxylation is 1. The molecule has 1 N–H and O–H groups in total. The van der Waals surface area contributed by atoms with Gasteiger partial charge in [0.2, 0.25) is 11.8 Å². The van der Waals surface area contributed by atoms with Crippen LogP contribution in [0, 0.1) is 6.92 Å². The van der Waals surface area contributed by atoms with Crippen LogP contribution < -0.4 is 5.32 Å². The first-order valence-corrected chi connectivity index (χ1v) is 4.98. The molecule has 6 heteroatoms. The van der Waals surface area contributed by atoms with Crippen LogP contribution >= 0.6 is 0 Å². The molecule has 0 fully saturated rings. The molecule has 0 unspecified atom stereocenters. The monoisotopic (exact) mass is 212 g/mol. The third-order valence-electron chi connectivity index (χ3n) is 2.03. The van der Waals surface area contributed by atoms with Gasteiger partial charge in [-0.2, -0.15) is 0 Å². The number of rotatable bonds is 5. The Balaban J connectivity index is 2.42. The van der Waals surface area contributed by atoms with E-state index in [0.29, 0.717) is 12.4 Å². The predicted molar refractivity (Wildman–Crippen MR) is 55.5 cm³/mol. The summed E-state index contributed by atoms with van der Waals surface area (Å²) in [4.78, 5) is 13.5. The number of hydrogen-bond acceptors (Lipinski definition) is 5.